The zero-order chi connectivity index (χ0) is 33.6. The summed E-state index contributed by atoms with van der Waals surface area (Å²) in [6.45, 7) is 39.2. The highest BCUT2D eigenvalue weighted by Crippen LogP contribution is 2.42. The molecule has 13 heteroatoms. The molecular weight excluding hydrogens is 629 g/mol. The fourth-order valence-corrected chi connectivity index (χ4v) is 26.2. The standard InChI is InChI=1S/C30H72O8Si5/c1-17-29(9,39(11,12)25-27-42(31-19-3,32-20-4)33-21-5)38-41(15,16)30(10,18-2)37-40(13,14)26-28-43(34-22-6,35-23-7)36-24-8/h17-28H2,1-16H3. The average Bonchev–Trinajstić information content (AvgIpc) is 2.91. The van der Waals surface area contributed by atoms with Crippen LogP contribution in [0.5, 0.6) is 0 Å². The molecule has 0 rings (SSSR count). The van der Waals surface area contributed by atoms with Gasteiger partial charge in [-0.3, -0.25) is 0 Å². The molecule has 0 N–H and O–H groups in total. The van der Waals surface area contributed by atoms with E-state index in [9.17, 15) is 0 Å². The Balaban J connectivity index is 6.07. The van der Waals surface area contributed by atoms with Crippen molar-refractivity contribution in [2.45, 2.75) is 156 Å². The third kappa shape index (κ3) is 12.7. The van der Waals surface area contributed by atoms with E-state index in [4.69, 9.17) is 35.4 Å². The lowest BCUT2D eigenvalue weighted by molar-refractivity contribution is 0.0677. The van der Waals surface area contributed by atoms with Gasteiger partial charge in [0, 0.05) is 57.0 Å². The van der Waals surface area contributed by atoms with Gasteiger partial charge in [-0.25, -0.2) is 0 Å². The van der Waals surface area contributed by atoms with Crippen molar-refractivity contribution < 1.29 is 35.4 Å². The van der Waals surface area contributed by atoms with Crippen molar-refractivity contribution >= 4 is 42.3 Å². The van der Waals surface area contributed by atoms with Crippen molar-refractivity contribution in [3.8, 4) is 0 Å². The van der Waals surface area contributed by atoms with Gasteiger partial charge in [-0.05, 0) is 100 Å². The second kappa shape index (κ2) is 18.9. The van der Waals surface area contributed by atoms with Crippen LogP contribution in [-0.2, 0) is 35.4 Å². The highest BCUT2D eigenvalue weighted by molar-refractivity contribution is 6.84. The predicted molar refractivity (Wildman–Crippen MR) is 192 cm³/mol. The van der Waals surface area contributed by atoms with Gasteiger partial charge in [0.15, 0.2) is 8.32 Å². The minimum absolute atomic E-state index is 0.222. The molecule has 8 nitrogen and oxygen atoms in total. The van der Waals surface area contributed by atoms with E-state index in [0.717, 1.165) is 37.0 Å². The molecule has 0 radical (unpaired) electrons. The average molecular weight is 701 g/mol. The summed E-state index contributed by atoms with van der Waals surface area (Å²) in [5, 5.41) is -0.558. The van der Waals surface area contributed by atoms with E-state index < -0.39 is 42.3 Å². The van der Waals surface area contributed by atoms with Crippen LogP contribution in [0.15, 0.2) is 0 Å². The van der Waals surface area contributed by atoms with Gasteiger partial charge in [0.1, 0.15) is 0 Å². The van der Waals surface area contributed by atoms with E-state index in [1.54, 1.807) is 0 Å². The molecule has 0 aliphatic rings. The van der Waals surface area contributed by atoms with Crippen LogP contribution >= 0.6 is 0 Å². The van der Waals surface area contributed by atoms with E-state index in [0.29, 0.717) is 39.6 Å². The summed E-state index contributed by atoms with van der Waals surface area (Å²) in [5.41, 5.74) is 0. The Labute approximate surface area is 272 Å². The number of hydrogen-bond donors (Lipinski definition) is 0. The molecule has 0 aromatic heterocycles. The minimum atomic E-state index is -2.74. The fourth-order valence-electron chi connectivity index (χ4n) is 5.83. The summed E-state index contributed by atoms with van der Waals surface area (Å²) in [6.07, 6.45) is 1.87. The maximum Gasteiger partial charge on any atom is 0.500 e. The molecule has 2 atom stereocenters. The van der Waals surface area contributed by atoms with Gasteiger partial charge < -0.3 is 35.4 Å². The summed E-state index contributed by atoms with van der Waals surface area (Å²) in [6, 6.07) is 3.55. The highest BCUT2D eigenvalue weighted by atomic mass is 28.4. The zero-order valence-corrected chi connectivity index (χ0v) is 36.3. The summed E-state index contributed by atoms with van der Waals surface area (Å²) in [4.78, 5) is 0. The quantitative estimate of drug-likeness (QED) is 0.0831. The van der Waals surface area contributed by atoms with Gasteiger partial charge in [-0.1, -0.05) is 33.0 Å². The van der Waals surface area contributed by atoms with Gasteiger partial charge in [0.05, 0.1) is 13.3 Å². The van der Waals surface area contributed by atoms with Crippen LogP contribution in [0.1, 0.15) is 82.1 Å². The third-order valence-electron chi connectivity index (χ3n) is 9.31. The minimum Gasteiger partial charge on any atom is -0.412 e. The van der Waals surface area contributed by atoms with Crippen LogP contribution in [0, 0.1) is 0 Å². The van der Waals surface area contributed by atoms with Gasteiger partial charge in [0.2, 0.25) is 8.32 Å². The smallest absolute Gasteiger partial charge is 0.412 e. The van der Waals surface area contributed by atoms with Crippen LogP contribution in [0.3, 0.4) is 0 Å². The van der Waals surface area contributed by atoms with Crippen molar-refractivity contribution in [2.24, 2.45) is 0 Å². The van der Waals surface area contributed by atoms with Gasteiger partial charge in [-0.15, -0.1) is 0 Å². The van der Waals surface area contributed by atoms with Gasteiger partial charge >= 0.3 is 17.6 Å². The van der Waals surface area contributed by atoms with Crippen molar-refractivity contribution in [3.05, 3.63) is 0 Å². The number of rotatable bonds is 26. The Bertz CT molecular complexity index is 739. The van der Waals surface area contributed by atoms with Crippen LogP contribution in [0.2, 0.25) is 63.5 Å². The molecule has 0 aliphatic heterocycles. The molecule has 0 aromatic rings. The molecule has 260 valence electrons. The molecular formula is C30H72O8Si5. The van der Waals surface area contributed by atoms with Crippen molar-refractivity contribution in [1.82, 2.24) is 0 Å². The lowest BCUT2D eigenvalue weighted by atomic mass is 10.3. The first kappa shape index (κ1) is 43.8. The molecule has 0 aliphatic carbocycles. The molecule has 0 amide bonds. The highest BCUT2D eigenvalue weighted by Gasteiger charge is 2.55. The molecule has 0 aromatic carbocycles. The lowest BCUT2D eigenvalue weighted by Crippen LogP contribution is -2.67. The van der Waals surface area contributed by atoms with E-state index in [1.807, 2.05) is 41.5 Å². The SMILES string of the molecule is CCO[Si](CC[Si](C)(C)OC(C)(CC)[Si](C)(C)OC(C)(CC)[Si](C)(C)CC[Si](OCC)(OCC)OCC)(OCC)OCC. The predicted octanol–water partition coefficient (Wildman–Crippen LogP) is 8.65. The zero-order valence-electron chi connectivity index (χ0n) is 31.3. The Kier molecular flexibility index (Phi) is 19.3. The Hall–Kier alpha value is 0.764. The second-order valence-electron chi connectivity index (χ2n) is 13.5. The van der Waals surface area contributed by atoms with Gasteiger partial charge in [0.25, 0.3) is 0 Å². The fraction of sp³-hybridized carbons (Fsp3) is 1.00. The molecule has 0 saturated heterocycles. The summed E-state index contributed by atoms with van der Waals surface area (Å²) in [5.74, 6) is 0. The summed E-state index contributed by atoms with van der Waals surface area (Å²) < 4.78 is 51.9. The molecule has 0 saturated carbocycles. The first-order valence-electron chi connectivity index (χ1n) is 17.1. The molecule has 43 heavy (non-hydrogen) atoms. The molecule has 0 bridgehead atoms. The van der Waals surface area contributed by atoms with Gasteiger partial charge in [-0.2, -0.15) is 0 Å². The second-order valence-corrected chi connectivity index (χ2v) is 32.8. The normalized spacial score (nSPS) is 16.7. The number of hydrogen-bond acceptors (Lipinski definition) is 8. The lowest BCUT2D eigenvalue weighted by Gasteiger charge is -2.53. The molecule has 0 spiro atoms. The largest absolute Gasteiger partial charge is 0.500 e. The van der Waals surface area contributed by atoms with Crippen molar-refractivity contribution in [2.75, 3.05) is 39.6 Å². The Morgan fingerprint density at radius 1 is 0.419 bits per heavy atom. The van der Waals surface area contributed by atoms with Crippen molar-refractivity contribution in [3.63, 3.8) is 0 Å². The van der Waals surface area contributed by atoms with Crippen LogP contribution < -0.4 is 0 Å². The molecule has 0 heterocycles. The molecule has 0 fully saturated rings. The summed E-state index contributed by atoms with van der Waals surface area (Å²) >= 11 is 0. The summed E-state index contributed by atoms with van der Waals surface area (Å²) in [7, 11) is -12.0. The van der Waals surface area contributed by atoms with E-state index >= 15 is 0 Å². The van der Waals surface area contributed by atoms with E-state index in [2.05, 4.69) is 67.0 Å². The molecule has 2 unspecified atom stereocenters. The van der Waals surface area contributed by atoms with Crippen LogP contribution in [-0.4, -0.2) is 92.4 Å². The van der Waals surface area contributed by atoms with Crippen molar-refractivity contribution in [1.29, 1.82) is 0 Å². The maximum absolute atomic E-state index is 7.47. The Morgan fingerprint density at radius 2 is 0.744 bits per heavy atom. The van der Waals surface area contributed by atoms with E-state index in [-0.39, 0.29) is 10.4 Å². The van der Waals surface area contributed by atoms with Crippen LogP contribution in [0.25, 0.3) is 0 Å². The first-order chi connectivity index (χ1) is 19.8. The monoisotopic (exact) mass is 700 g/mol. The maximum atomic E-state index is 7.47. The first-order valence-corrected chi connectivity index (χ1v) is 30.1. The topological polar surface area (TPSA) is 73.8 Å². The van der Waals surface area contributed by atoms with E-state index in [1.165, 1.54) is 0 Å². The third-order valence-corrected chi connectivity index (χ3v) is 28.1. The van der Waals surface area contributed by atoms with Crippen LogP contribution in [0.4, 0.5) is 0 Å². The Morgan fingerprint density at radius 3 is 1.05 bits per heavy atom.